The van der Waals surface area contributed by atoms with Gasteiger partial charge in [-0.25, -0.2) is 0 Å². The predicted octanol–water partition coefficient (Wildman–Crippen LogP) is 4.60. The maximum atomic E-state index is 12.3. The van der Waals surface area contributed by atoms with Gasteiger partial charge in [-0.05, 0) is 42.8 Å². The van der Waals surface area contributed by atoms with E-state index in [1.54, 1.807) is 37.3 Å². The highest BCUT2D eigenvalue weighted by Gasteiger charge is 2.06. The first kappa shape index (κ1) is 22.9. The van der Waals surface area contributed by atoms with Crippen molar-refractivity contribution in [3.8, 4) is 0 Å². The summed E-state index contributed by atoms with van der Waals surface area (Å²) in [5, 5.41) is 11.5. The minimum atomic E-state index is -0.219. The van der Waals surface area contributed by atoms with Crippen LogP contribution in [0.3, 0.4) is 0 Å². The third-order valence-electron chi connectivity index (χ3n) is 4.36. The van der Waals surface area contributed by atoms with Gasteiger partial charge in [-0.15, -0.1) is 0 Å². The molecule has 2 rings (SSSR count). The Hall–Kier alpha value is -3.35. The summed E-state index contributed by atoms with van der Waals surface area (Å²) < 4.78 is 0. The second kappa shape index (κ2) is 12.3. The quantitative estimate of drug-likeness (QED) is 0.407. The van der Waals surface area contributed by atoms with Gasteiger partial charge in [0.05, 0.1) is 6.54 Å². The highest BCUT2D eigenvalue weighted by Crippen LogP contribution is 2.17. The topological polar surface area (TPSA) is 99.3 Å². The maximum absolute atomic E-state index is 12.3. The molecule has 0 aromatic heterocycles. The van der Waals surface area contributed by atoms with E-state index in [0.29, 0.717) is 29.9 Å². The van der Waals surface area contributed by atoms with Crippen LogP contribution in [0, 0.1) is 0 Å². The Morgan fingerprint density at radius 3 is 1.83 bits per heavy atom. The molecule has 0 aliphatic heterocycles. The second-order valence-electron chi connectivity index (χ2n) is 6.97. The van der Waals surface area contributed by atoms with E-state index in [-0.39, 0.29) is 24.3 Å². The lowest BCUT2D eigenvalue weighted by Gasteiger charge is -2.11. The fourth-order valence-electron chi connectivity index (χ4n) is 2.78. The lowest BCUT2D eigenvalue weighted by atomic mass is 10.2. The Morgan fingerprint density at radius 1 is 0.700 bits per heavy atom. The highest BCUT2D eigenvalue weighted by atomic mass is 16.2. The first-order valence-corrected chi connectivity index (χ1v) is 10.3. The molecule has 0 aliphatic carbocycles. The Labute approximate surface area is 177 Å². The Balaban J connectivity index is 1.84. The summed E-state index contributed by atoms with van der Waals surface area (Å²) in [5.41, 5.74) is 2.67. The molecule has 0 radical (unpaired) electrons. The number of rotatable bonds is 11. The fourth-order valence-corrected chi connectivity index (χ4v) is 2.78. The second-order valence-corrected chi connectivity index (χ2v) is 6.97. The Kier molecular flexibility index (Phi) is 9.37. The van der Waals surface area contributed by atoms with Crippen molar-refractivity contribution < 1.29 is 14.4 Å². The van der Waals surface area contributed by atoms with Gasteiger partial charge in [0.1, 0.15) is 0 Å². The number of benzene rings is 2. The van der Waals surface area contributed by atoms with Gasteiger partial charge in [0.2, 0.25) is 17.7 Å². The smallest absolute Gasteiger partial charge is 0.243 e. The Morgan fingerprint density at radius 2 is 1.23 bits per heavy atom. The molecule has 0 aliphatic rings. The van der Waals surface area contributed by atoms with Gasteiger partial charge in [0.25, 0.3) is 0 Å². The van der Waals surface area contributed by atoms with Gasteiger partial charge in [-0.1, -0.05) is 38.8 Å². The fraction of sp³-hybridized carbons (Fsp3) is 0.348. The third-order valence-corrected chi connectivity index (χ3v) is 4.36. The molecule has 7 nitrogen and oxygen atoms in total. The minimum absolute atomic E-state index is 0.00612. The van der Waals surface area contributed by atoms with Crippen LogP contribution in [0.15, 0.2) is 48.5 Å². The molecule has 160 valence electrons. The van der Waals surface area contributed by atoms with Crippen LogP contribution < -0.4 is 21.3 Å². The highest BCUT2D eigenvalue weighted by molar-refractivity contribution is 5.96. The number of carbonyl (C=O) groups is 3. The summed E-state index contributed by atoms with van der Waals surface area (Å²) in [6.07, 6.45) is 3.89. The van der Waals surface area contributed by atoms with Crippen molar-refractivity contribution >= 4 is 40.5 Å². The number of carbonyl (C=O) groups excluding carboxylic acids is 3. The van der Waals surface area contributed by atoms with E-state index in [1.807, 2.05) is 18.2 Å². The maximum Gasteiger partial charge on any atom is 0.243 e. The average molecular weight is 411 g/mol. The van der Waals surface area contributed by atoms with Crippen LogP contribution in [0.2, 0.25) is 0 Å². The van der Waals surface area contributed by atoms with Gasteiger partial charge in [-0.2, -0.15) is 0 Å². The SMILES string of the molecule is CCCCCC(=O)Nc1cccc(NCC(=O)Nc2cccc(NC(=O)CC)c2)c1. The zero-order valence-corrected chi connectivity index (χ0v) is 17.6. The molecule has 3 amide bonds. The normalized spacial score (nSPS) is 10.2. The molecule has 0 fully saturated rings. The first-order valence-electron chi connectivity index (χ1n) is 10.3. The summed E-state index contributed by atoms with van der Waals surface area (Å²) in [6, 6.07) is 14.3. The van der Waals surface area contributed by atoms with Crippen LogP contribution in [-0.4, -0.2) is 24.3 Å². The molecule has 0 atom stereocenters. The van der Waals surface area contributed by atoms with E-state index in [2.05, 4.69) is 28.2 Å². The largest absolute Gasteiger partial charge is 0.376 e. The van der Waals surface area contributed by atoms with E-state index < -0.39 is 0 Å². The predicted molar refractivity (Wildman–Crippen MR) is 122 cm³/mol. The van der Waals surface area contributed by atoms with Gasteiger partial charge in [0.15, 0.2) is 0 Å². The molecule has 4 N–H and O–H groups in total. The van der Waals surface area contributed by atoms with Crippen molar-refractivity contribution in [3.05, 3.63) is 48.5 Å². The van der Waals surface area contributed by atoms with Gasteiger partial charge < -0.3 is 21.3 Å². The minimum Gasteiger partial charge on any atom is -0.376 e. The van der Waals surface area contributed by atoms with Crippen molar-refractivity contribution in [3.63, 3.8) is 0 Å². The number of hydrogen-bond donors (Lipinski definition) is 4. The van der Waals surface area contributed by atoms with E-state index >= 15 is 0 Å². The number of amides is 3. The van der Waals surface area contributed by atoms with Crippen LogP contribution in [0.25, 0.3) is 0 Å². The lowest BCUT2D eigenvalue weighted by molar-refractivity contribution is -0.117. The molecule has 0 saturated heterocycles. The molecular formula is C23H30N4O3. The number of anilines is 4. The molecule has 0 spiro atoms. The standard InChI is InChI=1S/C23H30N4O3/c1-3-5-6-13-22(29)26-18-10-7-9-17(14-18)24-16-23(30)27-20-12-8-11-19(15-20)25-21(28)4-2/h7-12,14-15,24H,3-6,13,16H2,1-2H3,(H,25,28)(H,26,29)(H,27,30). The van der Waals surface area contributed by atoms with Crippen LogP contribution >= 0.6 is 0 Å². The van der Waals surface area contributed by atoms with Crippen molar-refractivity contribution in [2.24, 2.45) is 0 Å². The first-order chi connectivity index (χ1) is 14.5. The van der Waals surface area contributed by atoms with E-state index in [0.717, 1.165) is 24.9 Å². The number of unbranched alkanes of at least 4 members (excludes halogenated alkanes) is 2. The number of hydrogen-bond acceptors (Lipinski definition) is 4. The third kappa shape index (κ3) is 8.34. The van der Waals surface area contributed by atoms with Gasteiger partial charge >= 0.3 is 0 Å². The van der Waals surface area contributed by atoms with Crippen molar-refractivity contribution in [1.29, 1.82) is 0 Å². The molecule has 0 unspecified atom stereocenters. The molecular weight excluding hydrogens is 380 g/mol. The van der Waals surface area contributed by atoms with Crippen LogP contribution in [0.1, 0.15) is 46.0 Å². The summed E-state index contributed by atoms with van der Waals surface area (Å²) in [4.78, 5) is 35.7. The zero-order chi connectivity index (χ0) is 21.8. The Bertz CT molecular complexity index is 867. The zero-order valence-electron chi connectivity index (χ0n) is 17.6. The molecule has 30 heavy (non-hydrogen) atoms. The molecule has 0 bridgehead atoms. The molecule has 0 heterocycles. The average Bonchev–Trinajstić information content (AvgIpc) is 2.73. The summed E-state index contributed by atoms with van der Waals surface area (Å²) in [7, 11) is 0. The number of nitrogens with one attached hydrogen (secondary N) is 4. The summed E-state index contributed by atoms with van der Waals surface area (Å²) in [6.45, 7) is 3.95. The van der Waals surface area contributed by atoms with Crippen LogP contribution in [0.5, 0.6) is 0 Å². The van der Waals surface area contributed by atoms with Gasteiger partial charge in [-0.3, -0.25) is 14.4 Å². The van der Waals surface area contributed by atoms with Crippen molar-refractivity contribution in [1.82, 2.24) is 0 Å². The van der Waals surface area contributed by atoms with E-state index in [4.69, 9.17) is 0 Å². The van der Waals surface area contributed by atoms with Crippen LogP contribution in [-0.2, 0) is 14.4 Å². The van der Waals surface area contributed by atoms with Crippen molar-refractivity contribution in [2.45, 2.75) is 46.0 Å². The lowest BCUT2D eigenvalue weighted by Crippen LogP contribution is -2.22. The van der Waals surface area contributed by atoms with E-state index in [9.17, 15) is 14.4 Å². The monoisotopic (exact) mass is 410 g/mol. The van der Waals surface area contributed by atoms with Gasteiger partial charge in [0, 0.05) is 35.6 Å². The van der Waals surface area contributed by atoms with Crippen LogP contribution in [0.4, 0.5) is 22.7 Å². The summed E-state index contributed by atoms with van der Waals surface area (Å²) >= 11 is 0. The molecule has 0 saturated carbocycles. The summed E-state index contributed by atoms with van der Waals surface area (Å²) in [5.74, 6) is -0.311. The molecule has 2 aromatic carbocycles. The molecule has 2 aromatic rings. The molecule has 7 heteroatoms. The van der Waals surface area contributed by atoms with Crippen molar-refractivity contribution in [2.75, 3.05) is 27.8 Å². The van der Waals surface area contributed by atoms with E-state index in [1.165, 1.54) is 0 Å².